The smallest absolute Gasteiger partial charge is 0.306 e. The van der Waals surface area contributed by atoms with Gasteiger partial charge in [-0.15, -0.1) is 0 Å². The van der Waals surface area contributed by atoms with Crippen molar-refractivity contribution < 1.29 is 9.90 Å². The van der Waals surface area contributed by atoms with Gasteiger partial charge in [0.15, 0.2) is 0 Å². The quantitative estimate of drug-likeness (QED) is 0.743. The van der Waals surface area contributed by atoms with Crippen LogP contribution in [-0.4, -0.2) is 23.7 Å². The first kappa shape index (κ1) is 9.97. The fourth-order valence-electron chi connectivity index (χ4n) is 2.42. The van der Waals surface area contributed by atoms with Crippen LogP contribution in [0.5, 0.6) is 0 Å². The zero-order chi connectivity index (χ0) is 10.1. The van der Waals surface area contributed by atoms with Gasteiger partial charge in [-0.1, -0.05) is 6.92 Å². The number of carboxylic acids is 1. The van der Waals surface area contributed by atoms with Gasteiger partial charge in [0.25, 0.3) is 0 Å². The molecule has 3 heteroatoms. The van der Waals surface area contributed by atoms with Crippen LogP contribution in [0.15, 0.2) is 0 Å². The van der Waals surface area contributed by atoms with E-state index < -0.39 is 5.97 Å². The molecule has 0 aromatic rings. The Hall–Kier alpha value is -0.570. The standard InChI is InChI=1S/C11H18NO2/c1-7(8-2-3-8)10-6-9(11(13)14)4-5-12-10/h7-10H,2-6H2,1H3,(H,13,14). The van der Waals surface area contributed by atoms with Gasteiger partial charge in [-0.05, 0) is 37.5 Å². The van der Waals surface area contributed by atoms with Crippen molar-refractivity contribution in [3.63, 3.8) is 0 Å². The van der Waals surface area contributed by atoms with Crippen molar-refractivity contribution in [1.82, 2.24) is 5.32 Å². The third-order valence-corrected chi connectivity index (χ3v) is 3.69. The van der Waals surface area contributed by atoms with Crippen molar-refractivity contribution in [3.8, 4) is 0 Å². The van der Waals surface area contributed by atoms with Crippen molar-refractivity contribution in [2.75, 3.05) is 6.54 Å². The minimum Gasteiger partial charge on any atom is -0.481 e. The largest absolute Gasteiger partial charge is 0.481 e. The van der Waals surface area contributed by atoms with Gasteiger partial charge >= 0.3 is 5.97 Å². The highest BCUT2D eigenvalue weighted by Gasteiger charge is 2.37. The molecule has 1 radical (unpaired) electrons. The van der Waals surface area contributed by atoms with Crippen molar-refractivity contribution in [3.05, 3.63) is 0 Å². The molecule has 2 fully saturated rings. The molecule has 3 nitrogen and oxygen atoms in total. The van der Waals surface area contributed by atoms with E-state index >= 15 is 0 Å². The minimum atomic E-state index is -0.632. The summed E-state index contributed by atoms with van der Waals surface area (Å²) in [5.74, 6) is 0.667. The Balaban J connectivity index is 1.89. The van der Waals surface area contributed by atoms with Gasteiger partial charge in [0, 0.05) is 12.6 Å². The summed E-state index contributed by atoms with van der Waals surface area (Å²) < 4.78 is 0. The lowest BCUT2D eigenvalue weighted by molar-refractivity contribution is -0.143. The van der Waals surface area contributed by atoms with E-state index in [-0.39, 0.29) is 5.92 Å². The Kier molecular flexibility index (Phi) is 2.77. The monoisotopic (exact) mass is 196 g/mol. The Bertz CT molecular complexity index is 225. The predicted octanol–water partition coefficient (Wildman–Crippen LogP) is 1.50. The maximum Gasteiger partial charge on any atom is 0.306 e. The topological polar surface area (TPSA) is 51.4 Å². The average Bonchev–Trinajstić information content (AvgIpc) is 3.00. The third-order valence-electron chi connectivity index (χ3n) is 3.69. The lowest BCUT2D eigenvalue weighted by Crippen LogP contribution is -2.40. The molecule has 2 aliphatic rings. The number of carbonyl (C=O) groups is 1. The second-order valence-electron chi connectivity index (χ2n) is 4.73. The van der Waals surface area contributed by atoms with Gasteiger partial charge < -0.3 is 5.11 Å². The number of rotatable bonds is 3. The van der Waals surface area contributed by atoms with E-state index in [0.717, 1.165) is 25.3 Å². The highest BCUT2D eigenvalue weighted by molar-refractivity contribution is 5.70. The van der Waals surface area contributed by atoms with Crippen LogP contribution in [0.25, 0.3) is 0 Å². The first-order chi connectivity index (χ1) is 6.68. The summed E-state index contributed by atoms with van der Waals surface area (Å²) >= 11 is 0. The van der Waals surface area contributed by atoms with Crippen molar-refractivity contribution >= 4 is 5.97 Å². The maximum atomic E-state index is 10.9. The molecular formula is C11H18NO2. The summed E-state index contributed by atoms with van der Waals surface area (Å²) in [7, 11) is 0. The van der Waals surface area contributed by atoms with Crippen LogP contribution >= 0.6 is 0 Å². The summed E-state index contributed by atoms with van der Waals surface area (Å²) in [5, 5.41) is 13.5. The molecule has 1 saturated carbocycles. The van der Waals surface area contributed by atoms with Crippen LogP contribution in [0, 0.1) is 17.8 Å². The van der Waals surface area contributed by atoms with Crippen LogP contribution in [0.4, 0.5) is 0 Å². The molecule has 79 valence electrons. The van der Waals surface area contributed by atoms with Gasteiger partial charge in [0.2, 0.25) is 0 Å². The fourth-order valence-corrected chi connectivity index (χ4v) is 2.42. The SMILES string of the molecule is CC(C1CC1)C1CC(C(=O)O)CC[N]1. The molecule has 0 bridgehead atoms. The van der Waals surface area contributed by atoms with E-state index in [1.54, 1.807) is 0 Å². The van der Waals surface area contributed by atoms with Crippen molar-refractivity contribution in [2.45, 2.75) is 38.6 Å². The average molecular weight is 196 g/mol. The normalized spacial score (nSPS) is 35.2. The van der Waals surface area contributed by atoms with Crippen molar-refractivity contribution in [2.24, 2.45) is 17.8 Å². The molecule has 1 aliphatic heterocycles. The molecule has 0 amide bonds. The number of carboxylic acid groups (broad SMARTS) is 1. The van der Waals surface area contributed by atoms with Crippen molar-refractivity contribution in [1.29, 1.82) is 0 Å². The first-order valence-corrected chi connectivity index (χ1v) is 5.58. The van der Waals surface area contributed by atoms with Gasteiger partial charge in [-0.25, -0.2) is 5.32 Å². The number of aliphatic carboxylic acids is 1. The summed E-state index contributed by atoms with van der Waals surface area (Å²) in [6.45, 7) is 2.98. The molecule has 0 spiro atoms. The third kappa shape index (κ3) is 2.08. The fraction of sp³-hybridized carbons (Fsp3) is 0.909. The number of nitrogens with zero attached hydrogens (tertiary/aromatic N) is 1. The maximum absolute atomic E-state index is 10.9. The van der Waals surface area contributed by atoms with Gasteiger partial charge in [-0.3, -0.25) is 4.79 Å². The van der Waals surface area contributed by atoms with Gasteiger partial charge in [-0.2, -0.15) is 0 Å². The Morgan fingerprint density at radius 2 is 2.14 bits per heavy atom. The molecule has 1 aliphatic carbocycles. The molecule has 0 aromatic heterocycles. The molecule has 1 saturated heterocycles. The Labute approximate surface area is 84.9 Å². The molecule has 1 N–H and O–H groups in total. The van der Waals surface area contributed by atoms with E-state index in [9.17, 15) is 4.79 Å². The first-order valence-electron chi connectivity index (χ1n) is 5.58. The number of hydrogen-bond acceptors (Lipinski definition) is 1. The van der Waals surface area contributed by atoms with Crippen LogP contribution < -0.4 is 5.32 Å². The summed E-state index contributed by atoms with van der Waals surface area (Å²) in [6, 6.07) is 0.317. The molecular weight excluding hydrogens is 178 g/mol. The number of hydrogen-bond donors (Lipinski definition) is 1. The minimum absolute atomic E-state index is 0.140. The Morgan fingerprint density at radius 1 is 1.43 bits per heavy atom. The van der Waals surface area contributed by atoms with E-state index in [0.29, 0.717) is 12.0 Å². The second kappa shape index (κ2) is 3.89. The summed E-state index contributed by atoms with van der Waals surface area (Å²) in [5.41, 5.74) is 0. The van der Waals surface area contributed by atoms with E-state index in [1.807, 2.05) is 0 Å². The van der Waals surface area contributed by atoms with Gasteiger partial charge in [0.05, 0.1) is 5.92 Å². The van der Waals surface area contributed by atoms with E-state index in [1.165, 1.54) is 12.8 Å². The zero-order valence-corrected chi connectivity index (χ0v) is 8.65. The molecule has 3 unspecified atom stereocenters. The zero-order valence-electron chi connectivity index (χ0n) is 8.65. The molecule has 1 heterocycles. The predicted molar refractivity (Wildman–Crippen MR) is 53.0 cm³/mol. The van der Waals surface area contributed by atoms with Crippen LogP contribution in [0.2, 0.25) is 0 Å². The summed E-state index contributed by atoms with van der Waals surface area (Å²) in [4.78, 5) is 10.9. The summed E-state index contributed by atoms with van der Waals surface area (Å²) in [6.07, 6.45) is 4.16. The molecule has 3 atom stereocenters. The highest BCUT2D eigenvalue weighted by Crippen LogP contribution is 2.40. The second-order valence-corrected chi connectivity index (χ2v) is 4.73. The van der Waals surface area contributed by atoms with Gasteiger partial charge in [0.1, 0.15) is 0 Å². The van der Waals surface area contributed by atoms with Crippen LogP contribution in [0.3, 0.4) is 0 Å². The highest BCUT2D eigenvalue weighted by atomic mass is 16.4. The van der Waals surface area contributed by atoms with Crippen LogP contribution in [0.1, 0.15) is 32.6 Å². The van der Waals surface area contributed by atoms with E-state index in [4.69, 9.17) is 5.11 Å². The molecule has 14 heavy (non-hydrogen) atoms. The number of piperidine rings is 1. The van der Waals surface area contributed by atoms with Crippen LogP contribution in [-0.2, 0) is 4.79 Å². The lowest BCUT2D eigenvalue weighted by atomic mass is 9.84. The molecule has 2 rings (SSSR count). The lowest BCUT2D eigenvalue weighted by Gasteiger charge is -2.30. The van der Waals surface area contributed by atoms with E-state index in [2.05, 4.69) is 12.2 Å². The Morgan fingerprint density at radius 3 is 2.71 bits per heavy atom. The molecule has 0 aromatic carbocycles.